The molecular weight excluding hydrogens is 184 g/mol. The number of benzene rings is 1. The summed E-state index contributed by atoms with van der Waals surface area (Å²) in [6.07, 6.45) is 1.70. The van der Waals surface area contributed by atoms with Crippen LogP contribution in [0.4, 0.5) is 5.69 Å². The molecule has 0 amide bonds. The molecule has 0 aliphatic rings. The van der Waals surface area contributed by atoms with Crippen LogP contribution in [-0.2, 0) is 0 Å². The van der Waals surface area contributed by atoms with E-state index in [4.69, 9.17) is 5.73 Å². The molecule has 0 aliphatic heterocycles. The summed E-state index contributed by atoms with van der Waals surface area (Å²) in [6, 6.07) is 5.83. The second-order valence-corrected chi connectivity index (χ2v) is 3.82. The molecule has 0 spiro atoms. The van der Waals surface area contributed by atoms with Crippen molar-refractivity contribution in [1.29, 1.82) is 0 Å². The molecule has 0 radical (unpaired) electrons. The summed E-state index contributed by atoms with van der Waals surface area (Å²) in [5, 5.41) is 7.80. The van der Waals surface area contributed by atoms with Gasteiger partial charge in [0.2, 0.25) is 4.96 Å². The first kappa shape index (κ1) is 6.85. The van der Waals surface area contributed by atoms with Gasteiger partial charge < -0.3 is 5.73 Å². The summed E-state index contributed by atoms with van der Waals surface area (Å²) in [6.45, 7) is 0. The van der Waals surface area contributed by atoms with Gasteiger partial charge in [-0.15, -0.1) is 10.2 Å². The second kappa shape index (κ2) is 2.20. The Bertz CT molecular complexity index is 580. The normalized spacial score (nSPS) is 11.4. The predicted octanol–water partition coefficient (Wildman–Crippen LogP) is 1.53. The van der Waals surface area contributed by atoms with Gasteiger partial charge >= 0.3 is 0 Å². The first-order chi connectivity index (χ1) is 6.34. The van der Waals surface area contributed by atoms with Crippen LogP contribution < -0.4 is 5.73 Å². The molecule has 5 heteroatoms. The van der Waals surface area contributed by atoms with Crippen LogP contribution in [0.1, 0.15) is 0 Å². The minimum Gasteiger partial charge on any atom is -0.399 e. The van der Waals surface area contributed by atoms with Gasteiger partial charge in [-0.2, -0.15) is 0 Å². The van der Waals surface area contributed by atoms with Crippen molar-refractivity contribution in [2.24, 2.45) is 0 Å². The van der Waals surface area contributed by atoms with E-state index in [1.165, 1.54) is 4.70 Å². The summed E-state index contributed by atoms with van der Waals surface area (Å²) in [5.41, 5.74) is 7.53. The number of rotatable bonds is 0. The van der Waals surface area contributed by atoms with Crippen LogP contribution in [0.5, 0.6) is 0 Å². The van der Waals surface area contributed by atoms with Gasteiger partial charge in [-0.1, -0.05) is 11.3 Å². The average Bonchev–Trinajstić information content (AvgIpc) is 2.64. The number of thiazole rings is 1. The quantitative estimate of drug-likeness (QED) is 0.547. The Morgan fingerprint density at radius 2 is 2.31 bits per heavy atom. The van der Waals surface area contributed by atoms with Crippen molar-refractivity contribution >= 4 is 32.2 Å². The monoisotopic (exact) mass is 190 g/mol. The highest BCUT2D eigenvalue weighted by molar-refractivity contribution is 7.23. The molecule has 1 aromatic carbocycles. The first-order valence-corrected chi connectivity index (χ1v) is 4.64. The van der Waals surface area contributed by atoms with Crippen LogP contribution in [0.2, 0.25) is 0 Å². The zero-order chi connectivity index (χ0) is 8.84. The number of aromatic nitrogens is 3. The maximum atomic E-state index is 5.69. The standard InChI is InChI=1S/C8H6N4S/c9-5-1-2-7-6(3-5)12-4-10-11-8(12)13-7/h1-4H,9H2. The van der Waals surface area contributed by atoms with Gasteiger partial charge in [0.15, 0.2) is 0 Å². The summed E-state index contributed by atoms with van der Waals surface area (Å²) in [7, 11) is 0. The third-order valence-corrected chi connectivity index (χ3v) is 2.99. The molecule has 13 heavy (non-hydrogen) atoms. The third kappa shape index (κ3) is 0.844. The number of nitrogens with zero attached hydrogens (tertiary/aromatic N) is 3. The van der Waals surface area contributed by atoms with Gasteiger partial charge in [0.05, 0.1) is 10.2 Å². The number of anilines is 1. The van der Waals surface area contributed by atoms with Gasteiger partial charge in [-0.05, 0) is 18.2 Å². The fourth-order valence-electron chi connectivity index (χ4n) is 1.37. The molecule has 2 aromatic heterocycles. The Morgan fingerprint density at radius 3 is 3.23 bits per heavy atom. The molecule has 0 bridgehead atoms. The topological polar surface area (TPSA) is 56.2 Å². The Labute approximate surface area is 77.6 Å². The molecule has 64 valence electrons. The van der Waals surface area contributed by atoms with Crippen molar-refractivity contribution in [3.05, 3.63) is 24.5 Å². The van der Waals surface area contributed by atoms with E-state index in [2.05, 4.69) is 10.2 Å². The van der Waals surface area contributed by atoms with Crippen LogP contribution >= 0.6 is 11.3 Å². The molecule has 4 nitrogen and oxygen atoms in total. The van der Waals surface area contributed by atoms with E-state index < -0.39 is 0 Å². The predicted molar refractivity (Wildman–Crippen MR) is 52.8 cm³/mol. The molecule has 3 rings (SSSR count). The van der Waals surface area contributed by atoms with E-state index in [-0.39, 0.29) is 0 Å². The number of nitrogen functional groups attached to an aromatic ring is 1. The number of hydrogen-bond donors (Lipinski definition) is 1. The van der Waals surface area contributed by atoms with Crippen molar-refractivity contribution in [1.82, 2.24) is 14.6 Å². The molecule has 3 aromatic rings. The van der Waals surface area contributed by atoms with Crippen LogP contribution in [0.3, 0.4) is 0 Å². The number of fused-ring (bicyclic) bond motifs is 3. The number of nitrogens with two attached hydrogens (primary N) is 1. The second-order valence-electron chi connectivity index (χ2n) is 2.81. The van der Waals surface area contributed by atoms with Crippen LogP contribution in [0, 0.1) is 0 Å². The SMILES string of the molecule is Nc1ccc2sc3nncn3c2c1. The lowest BCUT2D eigenvalue weighted by molar-refractivity contribution is 1.11. The van der Waals surface area contributed by atoms with Crippen molar-refractivity contribution in [3.8, 4) is 0 Å². The minimum atomic E-state index is 0.765. The molecular formula is C8H6N4S. The zero-order valence-electron chi connectivity index (χ0n) is 6.64. The Balaban J connectivity index is 2.61. The van der Waals surface area contributed by atoms with Crippen molar-refractivity contribution in [2.75, 3.05) is 5.73 Å². The van der Waals surface area contributed by atoms with Gasteiger partial charge in [-0.3, -0.25) is 4.40 Å². The Hall–Kier alpha value is -1.62. The smallest absolute Gasteiger partial charge is 0.217 e. The van der Waals surface area contributed by atoms with Crippen molar-refractivity contribution in [2.45, 2.75) is 0 Å². The van der Waals surface area contributed by atoms with Crippen LogP contribution in [0.15, 0.2) is 24.5 Å². The van der Waals surface area contributed by atoms with E-state index in [0.29, 0.717) is 0 Å². The summed E-state index contributed by atoms with van der Waals surface area (Å²) < 4.78 is 3.12. The fraction of sp³-hybridized carbons (Fsp3) is 0. The van der Waals surface area contributed by atoms with Gasteiger partial charge in [0.25, 0.3) is 0 Å². The molecule has 0 aliphatic carbocycles. The highest BCUT2D eigenvalue weighted by Crippen LogP contribution is 2.25. The average molecular weight is 190 g/mol. The number of hydrogen-bond acceptors (Lipinski definition) is 4. The maximum Gasteiger partial charge on any atom is 0.217 e. The maximum absolute atomic E-state index is 5.69. The lowest BCUT2D eigenvalue weighted by Crippen LogP contribution is -1.84. The summed E-state index contributed by atoms with van der Waals surface area (Å²) in [5.74, 6) is 0. The van der Waals surface area contributed by atoms with Gasteiger partial charge in [-0.25, -0.2) is 0 Å². The summed E-state index contributed by atoms with van der Waals surface area (Å²) >= 11 is 1.61. The van der Waals surface area contributed by atoms with E-state index >= 15 is 0 Å². The highest BCUT2D eigenvalue weighted by Gasteiger charge is 2.04. The molecule has 2 N–H and O–H groups in total. The van der Waals surface area contributed by atoms with Crippen LogP contribution in [0.25, 0.3) is 15.2 Å². The largest absolute Gasteiger partial charge is 0.399 e. The molecule has 0 saturated heterocycles. The van der Waals surface area contributed by atoms with Crippen molar-refractivity contribution in [3.63, 3.8) is 0 Å². The molecule has 0 atom stereocenters. The van der Waals surface area contributed by atoms with Crippen LogP contribution in [-0.4, -0.2) is 14.6 Å². The Kier molecular flexibility index (Phi) is 1.16. The lowest BCUT2D eigenvalue weighted by atomic mass is 10.3. The zero-order valence-corrected chi connectivity index (χ0v) is 7.45. The van der Waals surface area contributed by atoms with Crippen molar-refractivity contribution < 1.29 is 0 Å². The van der Waals surface area contributed by atoms with E-state index in [1.54, 1.807) is 17.7 Å². The fourth-order valence-corrected chi connectivity index (χ4v) is 2.29. The molecule has 0 unspecified atom stereocenters. The van der Waals surface area contributed by atoms with E-state index in [0.717, 1.165) is 16.2 Å². The van der Waals surface area contributed by atoms with E-state index in [1.807, 2.05) is 22.6 Å². The Morgan fingerprint density at radius 1 is 1.38 bits per heavy atom. The molecule has 0 saturated carbocycles. The van der Waals surface area contributed by atoms with E-state index in [9.17, 15) is 0 Å². The third-order valence-electron chi connectivity index (χ3n) is 1.96. The van der Waals surface area contributed by atoms with Gasteiger partial charge in [0, 0.05) is 5.69 Å². The lowest BCUT2D eigenvalue weighted by Gasteiger charge is -1.92. The minimum absolute atomic E-state index is 0.765. The highest BCUT2D eigenvalue weighted by atomic mass is 32.1. The summed E-state index contributed by atoms with van der Waals surface area (Å²) in [4.78, 5) is 0.903. The molecule has 2 heterocycles. The van der Waals surface area contributed by atoms with Gasteiger partial charge in [0.1, 0.15) is 6.33 Å². The molecule has 0 fully saturated rings. The first-order valence-electron chi connectivity index (χ1n) is 3.82.